The fourth-order valence-corrected chi connectivity index (χ4v) is 1.60. The lowest BCUT2D eigenvalue weighted by Gasteiger charge is -2.40. The molecule has 2 N–H and O–H groups in total. The first-order chi connectivity index (χ1) is 6.11. The van der Waals surface area contributed by atoms with Crippen molar-refractivity contribution in [2.24, 2.45) is 0 Å². The van der Waals surface area contributed by atoms with Crippen molar-refractivity contribution in [3.63, 3.8) is 0 Å². The molecule has 0 saturated carbocycles. The summed E-state index contributed by atoms with van der Waals surface area (Å²) in [6, 6.07) is 0. The van der Waals surface area contributed by atoms with E-state index in [4.69, 9.17) is 14.2 Å². The fourth-order valence-electron chi connectivity index (χ4n) is 1.60. The predicted octanol–water partition coefficient (Wildman–Crippen LogP) is -0.886. The van der Waals surface area contributed by atoms with E-state index >= 15 is 0 Å². The molecule has 0 aromatic heterocycles. The molecule has 5 atom stereocenters. The molecule has 1 fully saturated rings. The summed E-state index contributed by atoms with van der Waals surface area (Å²) in [5.74, 6) is 0. The third kappa shape index (κ3) is 2.00. The average Bonchev–Trinajstić information content (AvgIpc) is 2.10. The second-order valence-electron chi connectivity index (χ2n) is 3.12. The molecular formula is C8H16O5. The van der Waals surface area contributed by atoms with Crippen molar-refractivity contribution < 1.29 is 24.4 Å². The van der Waals surface area contributed by atoms with Gasteiger partial charge in [0.15, 0.2) is 6.29 Å². The van der Waals surface area contributed by atoms with Crippen molar-refractivity contribution in [1.29, 1.82) is 0 Å². The summed E-state index contributed by atoms with van der Waals surface area (Å²) in [5.41, 5.74) is 0. The van der Waals surface area contributed by atoms with Crippen LogP contribution in [0.5, 0.6) is 0 Å². The van der Waals surface area contributed by atoms with E-state index in [-0.39, 0.29) is 12.2 Å². The number of hydrogen-bond acceptors (Lipinski definition) is 5. The summed E-state index contributed by atoms with van der Waals surface area (Å²) in [5, 5.41) is 18.7. The summed E-state index contributed by atoms with van der Waals surface area (Å²) in [6.07, 6.45) is -3.47. The molecule has 5 heteroatoms. The van der Waals surface area contributed by atoms with Crippen LogP contribution in [0.4, 0.5) is 0 Å². The molecule has 0 aromatic carbocycles. The average molecular weight is 192 g/mol. The first-order valence-corrected chi connectivity index (χ1v) is 4.19. The van der Waals surface area contributed by atoms with E-state index in [1.165, 1.54) is 14.2 Å². The minimum absolute atomic E-state index is 0.298. The van der Waals surface area contributed by atoms with Gasteiger partial charge < -0.3 is 24.4 Å². The zero-order chi connectivity index (χ0) is 10.0. The molecule has 13 heavy (non-hydrogen) atoms. The first-order valence-electron chi connectivity index (χ1n) is 4.19. The number of aliphatic hydroxyl groups is 2. The Hall–Kier alpha value is -0.200. The third-order valence-electron chi connectivity index (χ3n) is 2.31. The van der Waals surface area contributed by atoms with Crippen LogP contribution >= 0.6 is 0 Å². The van der Waals surface area contributed by atoms with Crippen LogP contribution in [-0.4, -0.2) is 55.1 Å². The zero-order valence-corrected chi connectivity index (χ0v) is 8.01. The molecule has 0 spiro atoms. The molecule has 1 saturated heterocycles. The Kier molecular flexibility index (Phi) is 3.63. The smallest absolute Gasteiger partial charge is 0.183 e. The number of aliphatic hydroxyl groups excluding tert-OH is 2. The quantitative estimate of drug-likeness (QED) is 0.594. The van der Waals surface area contributed by atoms with E-state index in [1.807, 2.05) is 0 Å². The SMILES string of the molecule is CO[C@@H]1[C@H](OC)[C@H](C)OC(O)[C@H]1O. The van der Waals surface area contributed by atoms with Crippen LogP contribution in [-0.2, 0) is 14.2 Å². The molecule has 78 valence electrons. The number of ether oxygens (including phenoxy) is 3. The van der Waals surface area contributed by atoms with Gasteiger partial charge >= 0.3 is 0 Å². The Labute approximate surface area is 77.2 Å². The van der Waals surface area contributed by atoms with E-state index in [9.17, 15) is 10.2 Å². The lowest BCUT2D eigenvalue weighted by Crippen LogP contribution is -2.57. The van der Waals surface area contributed by atoms with Crippen molar-refractivity contribution in [2.45, 2.75) is 37.6 Å². The summed E-state index contributed by atoms with van der Waals surface area (Å²) >= 11 is 0. The van der Waals surface area contributed by atoms with Crippen molar-refractivity contribution in [3.05, 3.63) is 0 Å². The van der Waals surface area contributed by atoms with Crippen molar-refractivity contribution in [2.75, 3.05) is 14.2 Å². The maximum absolute atomic E-state index is 9.48. The summed E-state index contributed by atoms with van der Waals surface area (Å²) in [6.45, 7) is 1.76. The van der Waals surface area contributed by atoms with Crippen LogP contribution in [0, 0.1) is 0 Å². The lowest BCUT2D eigenvalue weighted by atomic mass is 10.00. The van der Waals surface area contributed by atoms with Gasteiger partial charge in [0.2, 0.25) is 0 Å². The molecule has 0 amide bonds. The summed E-state index contributed by atoms with van der Waals surface area (Å²) < 4.78 is 15.2. The molecule has 1 aliphatic heterocycles. The van der Waals surface area contributed by atoms with E-state index in [0.717, 1.165) is 0 Å². The predicted molar refractivity (Wildman–Crippen MR) is 44.2 cm³/mol. The Morgan fingerprint density at radius 3 is 2.08 bits per heavy atom. The Morgan fingerprint density at radius 1 is 1.08 bits per heavy atom. The van der Waals surface area contributed by atoms with Gasteiger partial charge in [-0.2, -0.15) is 0 Å². The number of rotatable bonds is 2. The van der Waals surface area contributed by atoms with Gasteiger partial charge in [-0.15, -0.1) is 0 Å². The second kappa shape index (κ2) is 4.34. The molecule has 0 radical (unpaired) electrons. The Balaban J connectivity index is 2.71. The monoisotopic (exact) mass is 192 g/mol. The molecule has 0 bridgehead atoms. The second-order valence-corrected chi connectivity index (χ2v) is 3.12. The Morgan fingerprint density at radius 2 is 1.62 bits per heavy atom. The van der Waals surface area contributed by atoms with Gasteiger partial charge in [0.25, 0.3) is 0 Å². The van der Waals surface area contributed by atoms with Gasteiger partial charge in [-0.25, -0.2) is 0 Å². The summed E-state index contributed by atoms with van der Waals surface area (Å²) in [4.78, 5) is 0. The van der Waals surface area contributed by atoms with E-state index in [0.29, 0.717) is 0 Å². The molecular weight excluding hydrogens is 176 g/mol. The van der Waals surface area contributed by atoms with Crippen LogP contribution in [0.3, 0.4) is 0 Å². The van der Waals surface area contributed by atoms with Crippen LogP contribution in [0.15, 0.2) is 0 Å². The highest BCUT2D eigenvalue weighted by atomic mass is 16.7. The van der Waals surface area contributed by atoms with Gasteiger partial charge in [0, 0.05) is 14.2 Å². The molecule has 1 aliphatic rings. The highest BCUT2D eigenvalue weighted by Gasteiger charge is 2.43. The van der Waals surface area contributed by atoms with Gasteiger partial charge in [-0.3, -0.25) is 0 Å². The standard InChI is InChI=1S/C8H16O5/c1-4-6(11-2)7(12-3)5(9)8(10)13-4/h4-10H,1-3H3/t4-,5-,6+,7-,8?/m0/s1. The van der Waals surface area contributed by atoms with Gasteiger partial charge in [-0.05, 0) is 6.92 Å². The minimum atomic E-state index is -1.20. The first kappa shape index (κ1) is 10.9. The van der Waals surface area contributed by atoms with Crippen molar-refractivity contribution in [1.82, 2.24) is 0 Å². The van der Waals surface area contributed by atoms with E-state index < -0.39 is 18.5 Å². The topological polar surface area (TPSA) is 68.2 Å². The highest BCUT2D eigenvalue weighted by Crippen LogP contribution is 2.23. The molecule has 5 nitrogen and oxygen atoms in total. The number of methoxy groups -OCH3 is 2. The third-order valence-corrected chi connectivity index (χ3v) is 2.31. The maximum atomic E-state index is 9.48. The molecule has 1 unspecified atom stereocenters. The van der Waals surface area contributed by atoms with Crippen LogP contribution in [0.1, 0.15) is 6.92 Å². The van der Waals surface area contributed by atoms with E-state index in [2.05, 4.69) is 0 Å². The fraction of sp³-hybridized carbons (Fsp3) is 1.00. The van der Waals surface area contributed by atoms with Crippen LogP contribution < -0.4 is 0 Å². The Bertz CT molecular complexity index is 163. The van der Waals surface area contributed by atoms with Crippen LogP contribution in [0.2, 0.25) is 0 Å². The molecule has 1 heterocycles. The molecule has 0 aromatic rings. The number of hydrogen-bond donors (Lipinski definition) is 2. The lowest BCUT2D eigenvalue weighted by molar-refractivity contribution is -0.286. The van der Waals surface area contributed by atoms with E-state index in [1.54, 1.807) is 6.92 Å². The van der Waals surface area contributed by atoms with Gasteiger partial charge in [0.1, 0.15) is 18.3 Å². The van der Waals surface area contributed by atoms with Crippen molar-refractivity contribution >= 4 is 0 Å². The summed E-state index contributed by atoms with van der Waals surface area (Å²) in [7, 11) is 2.98. The largest absolute Gasteiger partial charge is 0.385 e. The highest BCUT2D eigenvalue weighted by molar-refractivity contribution is 4.88. The maximum Gasteiger partial charge on any atom is 0.183 e. The van der Waals surface area contributed by atoms with Gasteiger partial charge in [0.05, 0.1) is 6.10 Å². The van der Waals surface area contributed by atoms with Gasteiger partial charge in [-0.1, -0.05) is 0 Å². The van der Waals surface area contributed by atoms with Crippen LogP contribution in [0.25, 0.3) is 0 Å². The normalized spacial score (nSPS) is 46.4. The molecule has 0 aliphatic carbocycles. The minimum Gasteiger partial charge on any atom is -0.385 e. The molecule has 1 rings (SSSR count). The van der Waals surface area contributed by atoms with Crippen molar-refractivity contribution in [3.8, 4) is 0 Å². The zero-order valence-electron chi connectivity index (χ0n) is 8.01.